The molecule has 9 heteroatoms. The molecule has 164 valence electrons. The lowest BCUT2D eigenvalue weighted by Crippen LogP contribution is -2.32. The number of nitrogens with zero attached hydrogens (tertiary/aromatic N) is 6. The number of benzene rings is 2. The molecular formula is C24H22N8O. The molecule has 3 N–H and O–H groups in total. The van der Waals surface area contributed by atoms with E-state index in [0.717, 1.165) is 22.0 Å². The first kappa shape index (κ1) is 20.4. The summed E-state index contributed by atoms with van der Waals surface area (Å²) in [5, 5.41) is 13.5. The van der Waals surface area contributed by atoms with Crippen molar-refractivity contribution >= 4 is 33.7 Å². The predicted molar refractivity (Wildman–Crippen MR) is 127 cm³/mol. The van der Waals surface area contributed by atoms with Gasteiger partial charge in [0.2, 0.25) is 5.91 Å². The monoisotopic (exact) mass is 438 g/mol. The number of hydrogen-bond donors (Lipinski definition) is 2. The molecule has 0 bridgehead atoms. The largest absolute Gasteiger partial charge is 0.383 e. The zero-order valence-electron chi connectivity index (χ0n) is 17.8. The summed E-state index contributed by atoms with van der Waals surface area (Å²) in [7, 11) is 0. The molecule has 1 amide bonds. The Kier molecular flexibility index (Phi) is 5.27. The lowest BCUT2D eigenvalue weighted by molar-refractivity contribution is -0.126. The van der Waals surface area contributed by atoms with E-state index in [2.05, 4.69) is 26.7 Å². The maximum atomic E-state index is 12.5. The SMILES string of the molecule is C=CC(=O)N(CCn1nc(-c2ccc3[nH]ncc3c2)c2c(N)ncnc21)Cc1ccccc1. The van der Waals surface area contributed by atoms with Gasteiger partial charge in [-0.15, -0.1) is 0 Å². The molecular weight excluding hydrogens is 416 g/mol. The fourth-order valence-electron chi connectivity index (χ4n) is 3.89. The van der Waals surface area contributed by atoms with Crippen LogP contribution in [0.15, 0.2) is 73.7 Å². The van der Waals surface area contributed by atoms with E-state index in [-0.39, 0.29) is 5.91 Å². The fourth-order valence-corrected chi connectivity index (χ4v) is 3.89. The molecule has 0 atom stereocenters. The first-order valence-electron chi connectivity index (χ1n) is 10.5. The average Bonchev–Trinajstić information content (AvgIpc) is 3.47. The maximum Gasteiger partial charge on any atom is 0.246 e. The summed E-state index contributed by atoms with van der Waals surface area (Å²) in [5.74, 6) is 0.215. The smallest absolute Gasteiger partial charge is 0.246 e. The molecule has 0 spiro atoms. The van der Waals surface area contributed by atoms with E-state index in [1.54, 1.807) is 15.8 Å². The van der Waals surface area contributed by atoms with Gasteiger partial charge in [0.15, 0.2) is 5.65 Å². The van der Waals surface area contributed by atoms with Crippen molar-refractivity contribution in [1.29, 1.82) is 0 Å². The number of aromatic amines is 1. The number of hydrogen-bond acceptors (Lipinski definition) is 6. The predicted octanol–water partition coefficient (Wildman–Crippen LogP) is 3.17. The highest BCUT2D eigenvalue weighted by Gasteiger charge is 2.19. The summed E-state index contributed by atoms with van der Waals surface area (Å²) in [6, 6.07) is 15.8. The number of nitrogens with one attached hydrogen (secondary N) is 1. The van der Waals surface area contributed by atoms with E-state index in [1.807, 2.05) is 48.5 Å². The van der Waals surface area contributed by atoms with E-state index in [9.17, 15) is 4.79 Å². The topological polar surface area (TPSA) is 119 Å². The van der Waals surface area contributed by atoms with Gasteiger partial charge in [0.1, 0.15) is 17.8 Å². The summed E-state index contributed by atoms with van der Waals surface area (Å²) >= 11 is 0. The Morgan fingerprint density at radius 1 is 1.18 bits per heavy atom. The highest BCUT2D eigenvalue weighted by molar-refractivity contribution is 5.99. The Balaban J connectivity index is 1.49. The number of amides is 1. The second-order valence-electron chi connectivity index (χ2n) is 7.65. The van der Waals surface area contributed by atoms with E-state index < -0.39 is 0 Å². The molecule has 0 radical (unpaired) electrons. The van der Waals surface area contributed by atoms with Crippen molar-refractivity contribution < 1.29 is 4.79 Å². The van der Waals surface area contributed by atoms with Crippen LogP contribution >= 0.6 is 0 Å². The Hall–Kier alpha value is -4.53. The zero-order valence-corrected chi connectivity index (χ0v) is 17.8. The van der Waals surface area contributed by atoms with Gasteiger partial charge in [-0.1, -0.05) is 43.0 Å². The van der Waals surface area contributed by atoms with Gasteiger partial charge in [0, 0.05) is 24.0 Å². The minimum Gasteiger partial charge on any atom is -0.383 e. The number of H-pyrrole nitrogens is 1. The number of rotatable bonds is 7. The molecule has 9 nitrogen and oxygen atoms in total. The van der Waals surface area contributed by atoms with Gasteiger partial charge in [0.25, 0.3) is 0 Å². The molecule has 0 fully saturated rings. The van der Waals surface area contributed by atoms with E-state index in [4.69, 9.17) is 10.8 Å². The van der Waals surface area contributed by atoms with Crippen molar-refractivity contribution in [2.24, 2.45) is 0 Å². The van der Waals surface area contributed by atoms with Gasteiger partial charge in [-0.2, -0.15) is 10.2 Å². The molecule has 5 rings (SSSR count). The molecule has 0 aliphatic carbocycles. The van der Waals surface area contributed by atoms with Crippen molar-refractivity contribution in [2.45, 2.75) is 13.1 Å². The van der Waals surface area contributed by atoms with E-state index in [1.165, 1.54) is 12.4 Å². The van der Waals surface area contributed by atoms with Gasteiger partial charge in [-0.25, -0.2) is 14.6 Å². The third-order valence-electron chi connectivity index (χ3n) is 5.56. The number of carbonyl (C=O) groups is 1. The Morgan fingerprint density at radius 2 is 2.03 bits per heavy atom. The third-order valence-corrected chi connectivity index (χ3v) is 5.56. The number of aromatic nitrogens is 6. The maximum absolute atomic E-state index is 12.5. The van der Waals surface area contributed by atoms with Crippen molar-refractivity contribution in [1.82, 2.24) is 34.8 Å². The lowest BCUT2D eigenvalue weighted by Gasteiger charge is -2.21. The average molecular weight is 438 g/mol. The molecule has 3 heterocycles. The van der Waals surface area contributed by atoms with Crippen LogP contribution in [0.3, 0.4) is 0 Å². The van der Waals surface area contributed by atoms with Crippen molar-refractivity contribution in [3.05, 3.63) is 79.3 Å². The van der Waals surface area contributed by atoms with Gasteiger partial charge >= 0.3 is 0 Å². The Morgan fingerprint density at radius 3 is 2.85 bits per heavy atom. The van der Waals surface area contributed by atoms with Gasteiger partial charge < -0.3 is 10.6 Å². The number of nitrogens with two attached hydrogens (primary N) is 1. The zero-order chi connectivity index (χ0) is 22.8. The van der Waals surface area contributed by atoms with Crippen LogP contribution in [0.5, 0.6) is 0 Å². The van der Waals surface area contributed by atoms with Crippen molar-refractivity contribution in [3.8, 4) is 11.3 Å². The summed E-state index contributed by atoms with van der Waals surface area (Å²) in [5.41, 5.74) is 10.4. The minimum atomic E-state index is -0.143. The van der Waals surface area contributed by atoms with Crippen LogP contribution in [0.25, 0.3) is 33.2 Å². The van der Waals surface area contributed by atoms with Crippen molar-refractivity contribution in [2.75, 3.05) is 12.3 Å². The second-order valence-corrected chi connectivity index (χ2v) is 7.65. The molecule has 0 aliphatic rings. The molecule has 0 saturated heterocycles. The fraction of sp³-hybridized carbons (Fsp3) is 0.125. The number of fused-ring (bicyclic) bond motifs is 2. The second kappa shape index (κ2) is 8.54. The molecule has 0 aliphatic heterocycles. The molecule has 2 aromatic carbocycles. The number of carbonyl (C=O) groups excluding carboxylic acids is 1. The first-order valence-corrected chi connectivity index (χ1v) is 10.5. The van der Waals surface area contributed by atoms with Gasteiger partial charge in [-0.05, 0) is 23.8 Å². The summed E-state index contributed by atoms with van der Waals surface area (Å²) in [6.07, 6.45) is 4.52. The molecule has 33 heavy (non-hydrogen) atoms. The van der Waals surface area contributed by atoms with Crippen LogP contribution < -0.4 is 5.73 Å². The van der Waals surface area contributed by atoms with Gasteiger partial charge in [-0.3, -0.25) is 9.89 Å². The molecule has 5 aromatic rings. The molecule has 0 unspecified atom stereocenters. The van der Waals surface area contributed by atoms with E-state index >= 15 is 0 Å². The van der Waals surface area contributed by atoms with Crippen LogP contribution in [-0.2, 0) is 17.9 Å². The molecule has 3 aromatic heterocycles. The standard InChI is InChI=1S/C24H22N8O/c1-2-20(33)31(14-16-6-4-3-5-7-16)10-11-32-24-21(23(25)26-15-27-24)22(30-32)17-8-9-19-18(12-17)13-28-29-19/h2-9,12-13,15H,1,10-11,14H2,(H,28,29)(H2,25,26,27). The normalized spacial score (nSPS) is 11.2. The number of nitrogen functional groups attached to an aromatic ring is 1. The first-order chi connectivity index (χ1) is 16.1. The lowest BCUT2D eigenvalue weighted by atomic mass is 10.1. The highest BCUT2D eigenvalue weighted by atomic mass is 16.2. The quantitative estimate of drug-likeness (QED) is 0.377. The highest BCUT2D eigenvalue weighted by Crippen LogP contribution is 2.31. The number of anilines is 1. The van der Waals surface area contributed by atoms with Crippen LogP contribution in [0, 0.1) is 0 Å². The Bertz CT molecular complexity index is 1450. The Labute approximate surface area is 189 Å². The van der Waals surface area contributed by atoms with Crippen LogP contribution in [-0.4, -0.2) is 47.3 Å². The van der Waals surface area contributed by atoms with Gasteiger partial charge in [0.05, 0.1) is 23.6 Å². The van der Waals surface area contributed by atoms with Crippen LogP contribution in [0.4, 0.5) is 5.82 Å². The minimum absolute atomic E-state index is 0.143. The van der Waals surface area contributed by atoms with Crippen molar-refractivity contribution in [3.63, 3.8) is 0 Å². The summed E-state index contributed by atoms with van der Waals surface area (Å²) in [6.45, 7) is 4.99. The third kappa shape index (κ3) is 3.91. The molecule has 0 saturated carbocycles. The summed E-state index contributed by atoms with van der Waals surface area (Å²) < 4.78 is 1.77. The van der Waals surface area contributed by atoms with Crippen LogP contribution in [0.2, 0.25) is 0 Å². The van der Waals surface area contributed by atoms with E-state index in [0.29, 0.717) is 42.2 Å². The summed E-state index contributed by atoms with van der Waals surface area (Å²) in [4.78, 5) is 22.8. The van der Waals surface area contributed by atoms with Crippen LogP contribution in [0.1, 0.15) is 5.56 Å².